The van der Waals surface area contributed by atoms with Gasteiger partial charge in [0, 0.05) is 16.5 Å². The fraction of sp³-hybridized carbons (Fsp3) is 0.160. The molecule has 1 aromatic heterocycles. The minimum Gasteiger partial charge on any atom is -0.497 e. The van der Waals surface area contributed by atoms with Gasteiger partial charge in [-0.05, 0) is 54.1 Å². The Morgan fingerprint density at radius 2 is 1.38 bits per heavy atom. The number of methoxy groups -OCH3 is 3. The molecule has 0 amide bonds. The first-order valence-corrected chi connectivity index (χ1v) is 9.90. The van der Waals surface area contributed by atoms with Crippen LogP contribution in [0, 0.1) is 0 Å². The van der Waals surface area contributed by atoms with Gasteiger partial charge in [-0.1, -0.05) is 6.07 Å². The van der Waals surface area contributed by atoms with Crippen molar-refractivity contribution in [1.29, 1.82) is 0 Å². The van der Waals surface area contributed by atoms with Crippen molar-refractivity contribution in [2.75, 3.05) is 28.1 Å². The van der Waals surface area contributed by atoms with Crippen LogP contribution in [0.4, 0.5) is 0 Å². The highest BCUT2D eigenvalue weighted by Gasteiger charge is 2.22. The molecular formula is C25H20O7. The van der Waals surface area contributed by atoms with Crippen LogP contribution >= 0.6 is 0 Å². The Morgan fingerprint density at radius 1 is 0.719 bits per heavy atom. The highest BCUT2D eigenvalue weighted by Crippen LogP contribution is 2.44. The lowest BCUT2D eigenvalue weighted by atomic mass is 9.94. The van der Waals surface area contributed by atoms with Crippen LogP contribution in [0.2, 0.25) is 0 Å². The van der Waals surface area contributed by atoms with Gasteiger partial charge < -0.3 is 28.1 Å². The van der Waals surface area contributed by atoms with Crippen molar-refractivity contribution < 1.29 is 28.1 Å². The molecule has 0 bridgehead atoms. The average Bonchev–Trinajstić information content (AvgIpc) is 3.31. The molecule has 0 spiro atoms. The van der Waals surface area contributed by atoms with Crippen molar-refractivity contribution in [2.24, 2.45) is 0 Å². The number of fused-ring (bicyclic) bond motifs is 2. The largest absolute Gasteiger partial charge is 0.497 e. The zero-order valence-electron chi connectivity index (χ0n) is 17.8. The van der Waals surface area contributed by atoms with Gasteiger partial charge in [-0.2, -0.15) is 0 Å². The molecule has 4 aromatic rings. The second-order valence-electron chi connectivity index (χ2n) is 7.14. The lowest BCUT2D eigenvalue weighted by Crippen LogP contribution is -2.04. The van der Waals surface area contributed by atoms with Crippen LogP contribution in [-0.2, 0) is 0 Å². The van der Waals surface area contributed by atoms with Crippen LogP contribution in [0.15, 0.2) is 63.8 Å². The summed E-state index contributed by atoms with van der Waals surface area (Å²) in [6, 6.07) is 16.4. The third-order valence-electron chi connectivity index (χ3n) is 5.45. The molecule has 7 nitrogen and oxygen atoms in total. The van der Waals surface area contributed by atoms with Crippen LogP contribution in [-0.4, -0.2) is 28.1 Å². The maximum Gasteiger partial charge on any atom is 0.344 e. The minimum atomic E-state index is -0.476. The second kappa shape index (κ2) is 7.85. The summed E-state index contributed by atoms with van der Waals surface area (Å²) in [5, 5.41) is 1.05. The van der Waals surface area contributed by atoms with E-state index in [-0.39, 0.29) is 6.79 Å². The Balaban J connectivity index is 1.86. The van der Waals surface area contributed by atoms with Gasteiger partial charge in [-0.25, -0.2) is 4.79 Å². The number of rotatable bonds is 5. The smallest absolute Gasteiger partial charge is 0.344 e. The summed E-state index contributed by atoms with van der Waals surface area (Å²) in [6.07, 6.45) is 0. The van der Waals surface area contributed by atoms with Gasteiger partial charge in [0.05, 0.1) is 26.7 Å². The van der Waals surface area contributed by atoms with Crippen molar-refractivity contribution in [3.05, 3.63) is 65.0 Å². The fourth-order valence-corrected chi connectivity index (χ4v) is 3.86. The number of benzene rings is 3. The van der Waals surface area contributed by atoms with Gasteiger partial charge >= 0.3 is 5.63 Å². The Morgan fingerprint density at radius 3 is 2.06 bits per heavy atom. The van der Waals surface area contributed by atoms with Crippen LogP contribution in [0.1, 0.15) is 0 Å². The predicted molar refractivity (Wildman–Crippen MR) is 119 cm³/mol. The van der Waals surface area contributed by atoms with E-state index in [0.29, 0.717) is 45.3 Å². The van der Waals surface area contributed by atoms with E-state index in [4.69, 9.17) is 28.1 Å². The maximum atomic E-state index is 13.0. The van der Waals surface area contributed by atoms with Gasteiger partial charge in [0.25, 0.3) is 0 Å². The molecule has 32 heavy (non-hydrogen) atoms. The molecule has 0 fully saturated rings. The Kier molecular flexibility index (Phi) is 4.86. The molecule has 1 aliphatic heterocycles. The number of hydrogen-bond acceptors (Lipinski definition) is 7. The van der Waals surface area contributed by atoms with E-state index in [9.17, 15) is 4.79 Å². The average molecular weight is 432 g/mol. The molecule has 0 saturated heterocycles. The highest BCUT2D eigenvalue weighted by molar-refractivity contribution is 6.03. The molecule has 0 N–H and O–H groups in total. The highest BCUT2D eigenvalue weighted by atomic mass is 16.7. The zero-order chi connectivity index (χ0) is 22.2. The van der Waals surface area contributed by atoms with Crippen molar-refractivity contribution in [3.63, 3.8) is 0 Å². The van der Waals surface area contributed by atoms with Crippen LogP contribution in [0.3, 0.4) is 0 Å². The van der Waals surface area contributed by atoms with Crippen LogP contribution in [0.25, 0.3) is 33.2 Å². The molecule has 1 aliphatic rings. The van der Waals surface area contributed by atoms with Gasteiger partial charge in [-0.3, -0.25) is 0 Å². The molecule has 0 unspecified atom stereocenters. The molecule has 3 aromatic carbocycles. The molecule has 5 rings (SSSR count). The van der Waals surface area contributed by atoms with E-state index < -0.39 is 5.63 Å². The maximum absolute atomic E-state index is 13.0. The molecule has 0 saturated carbocycles. The van der Waals surface area contributed by atoms with Crippen LogP contribution < -0.4 is 29.3 Å². The van der Waals surface area contributed by atoms with E-state index in [1.165, 1.54) is 7.11 Å². The second-order valence-corrected chi connectivity index (χ2v) is 7.14. The van der Waals surface area contributed by atoms with E-state index in [0.717, 1.165) is 16.7 Å². The quantitative estimate of drug-likeness (QED) is 0.445. The lowest BCUT2D eigenvalue weighted by molar-refractivity contribution is 0.174. The van der Waals surface area contributed by atoms with Crippen molar-refractivity contribution in [1.82, 2.24) is 0 Å². The van der Waals surface area contributed by atoms with E-state index >= 15 is 0 Å². The van der Waals surface area contributed by atoms with Crippen molar-refractivity contribution in [3.8, 4) is 51.2 Å². The summed E-state index contributed by atoms with van der Waals surface area (Å²) in [5.74, 6) is 3.38. The first kappa shape index (κ1) is 19.8. The Hall–Kier alpha value is -4.13. The lowest BCUT2D eigenvalue weighted by Gasteiger charge is -2.15. The molecular weight excluding hydrogens is 412 g/mol. The van der Waals surface area contributed by atoms with Crippen molar-refractivity contribution in [2.45, 2.75) is 0 Å². The molecule has 0 radical (unpaired) electrons. The molecule has 2 heterocycles. The first-order valence-electron chi connectivity index (χ1n) is 9.90. The van der Waals surface area contributed by atoms with Gasteiger partial charge in [-0.15, -0.1) is 0 Å². The summed E-state index contributed by atoms with van der Waals surface area (Å²) in [4.78, 5) is 13.0. The predicted octanol–water partition coefficient (Wildman–Crippen LogP) is 4.88. The Bertz CT molecular complexity index is 1370. The SMILES string of the molecule is COc1ccc(-c2oc(=O)c3cc(OC)c(OC)cc3c2-c2ccc3c(c2)OCO3)cc1. The fourth-order valence-electron chi connectivity index (χ4n) is 3.86. The third-order valence-corrected chi connectivity index (χ3v) is 5.45. The molecule has 162 valence electrons. The monoisotopic (exact) mass is 432 g/mol. The van der Waals surface area contributed by atoms with Crippen molar-refractivity contribution >= 4 is 10.8 Å². The van der Waals surface area contributed by atoms with Gasteiger partial charge in [0.2, 0.25) is 6.79 Å². The van der Waals surface area contributed by atoms with E-state index in [1.807, 2.05) is 42.5 Å². The molecule has 0 atom stereocenters. The van der Waals surface area contributed by atoms with Gasteiger partial charge in [0.1, 0.15) is 11.5 Å². The standard InChI is InChI=1S/C25H20O7/c1-27-16-7-4-14(5-8-16)24-23(15-6-9-19-22(10-15)31-13-30-19)17-11-20(28-2)21(29-3)12-18(17)25(26)32-24/h4-12H,13H2,1-3H3. The topological polar surface area (TPSA) is 76.4 Å². The summed E-state index contributed by atoms with van der Waals surface area (Å²) in [5.41, 5.74) is 1.79. The van der Waals surface area contributed by atoms with Crippen LogP contribution in [0.5, 0.6) is 28.7 Å². The first-order chi connectivity index (χ1) is 15.6. The van der Waals surface area contributed by atoms with E-state index in [1.54, 1.807) is 26.4 Å². The van der Waals surface area contributed by atoms with E-state index in [2.05, 4.69) is 0 Å². The Labute approximate surface area is 183 Å². The molecule has 7 heteroatoms. The normalized spacial score (nSPS) is 12.1. The summed E-state index contributed by atoms with van der Waals surface area (Å²) >= 11 is 0. The molecule has 0 aliphatic carbocycles. The summed E-state index contributed by atoms with van der Waals surface area (Å²) in [6.45, 7) is 0.166. The summed E-state index contributed by atoms with van der Waals surface area (Å²) < 4.78 is 33.1. The van der Waals surface area contributed by atoms with Gasteiger partial charge in [0.15, 0.2) is 23.0 Å². The summed E-state index contributed by atoms with van der Waals surface area (Å²) in [7, 11) is 4.68. The number of ether oxygens (including phenoxy) is 5. The number of hydrogen-bond donors (Lipinski definition) is 0. The zero-order valence-corrected chi connectivity index (χ0v) is 17.8. The minimum absolute atomic E-state index is 0.166. The third kappa shape index (κ3) is 3.19.